The number of amides is 2. The summed E-state index contributed by atoms with van der Waals surface area (Å²) < 4.78 is 7.15. The van der Waals surface area contributed by atoms with Crippen molar-refractivity contribution in [3.63, 3.8) is 0 Å². The van der Waals surface area contributed by atoms with Crippen LogP contribution in [-0.4, -0.2) is 64.9 Å². The molecule has 2 amide bonds. The third kappa shape index (κ3) is 6.12. The van der Waals surface area contributed by atoms with E-state index in [4.69, 9.17) is 4.74 Å². The second-order valence-corrected chi connectivity index (χ2v) is 13.0. The Morgan fingerprint density at radius 1 is 1.24 bits per heavy atom. The summed E-state index contributed by atoms with van der Waals surface area (Å²) in [5.41, 5.74) is 1.61. The van der Waals surface area contributed by atoms with Crippen LogP contribution in [0.5, 0.6) is 5.75 Å². The number of aliphatic hydroxyl groups is 2. The molecule has 2 bridgehead atoms. The fraction of sp³-hybridized carbons (Fsp3) is 0.600. The maximum atomic E-state index is 13.7. The molecule has 4 aliphatic rings. The number of nitrogens with zero attached hydrogens (tertiary/aromatic N) is 1. The number of fused-ring (bicyclic) bond motifs is 2. The van der Waals surface area contributed by atoms with Crippen molar-refractivity contribution in [2.45, 2.75) is 71.6 Å². The highest BCUT2D eigenvalue weighted by molar-refractivity contribution is 14.1. The molecule has 0 saturated heterocycles. The van der Waals surface area contributed by atoms with Gasteiger partial charge in [0.2, 0.25) is 11.8 Å². The van der Waals surface area contributed by atoms with Crippen molar-refractivity contribution >= 4 is 34.4 Å². The molecule has 0 aromatic heterocycles. The molecular formula is C30H41IN2O5. The minimum atomic E-state index is -1.01. The second kappa shape index (κ2) is 12.1. The number of aliphatic hydroxyl groups excluding tert-OH is 2. The highest BCUT2D eigenvalue weighted by Crippen LogP contribution is 2.61. The van der Waals surface area contributed by atoms with E-state index in [0.29, 0.717) is 29.7 Å². The van der Waals surface area contributed by atoms with E-state index in [-0.39, 0.29) is 36.8 Å². The Morgan fingerprint density at radius 3 is 2.61 bits per heavy atom. The van der Waals surface area contributed by atoms with E-state index >= 15 is 0 Å². The fourth-order valence-electron chi connectivity index (χ4n) is 6.62. The average molecular weight is 637 g/mol. The summed E-state index contributed by atoms with van der Waals surface area (Å²) in [6.45, 7) is 8.98. The Labute approximate surface area is 239 Å². The number of hydrogen-bond acceptors (Lipinski definition) is 5. The monoisotopic (exact) mass is 636 g/mol. The van der Waals surface area contributed by atoms with Crippen LogP contribution in [0, 0.1) is 26.7 Å². The molecule has 6 atom stereocenters. The van der Waals surface area contributed by atoms with Gasteiger partial charge in [-0.3, -0.25) is 9.59 Å². The van der Waals surface area contributed by atoms with Gasteiger partial charge in [-0.1, -0.05) is 31.6 Å². The molecule has 1 aromatic carbocycles. The zero-order chi connectivity index (χ0) is 27.6. The summed E-state index contributed by atoms with van der Waals surface area (Å²) in [6.07, 6.45) is 5.13. The van der Waals surface area contributed by atoms with Crippen LogP contribution in [0.25, 0.3) is 0 Å². The van der Waals surface area contributed by atoms with Crippen molar-refractivity contribution in [1.82, 2.24) is 10.2 Å². The number of para-hydroxylation sites is 1. The number of hydrogen-bond donors (Lipinski definition) is 3. The lowest BCUT2D eigenvalue weighted by Gasteiger charge is -2.61. The number of carbonyl (C=O) groups excluding carboxylic acids is 2. The Balaban J connectivity index is 1.66. The largest absolute Gasteiger partial charge is 0.482 e. The molecule has 3 fully saturated rings. The Bertz CT molecular complexity index is 1090. The van der Waals surface area contributed by atoms with Gasteiger partial charge in [-0.25, -0.2) is 0 Å². The van der Waals surface area contributed by atoms with Crippen LogP contribution in [0.3, 0.4) is 0 Å². The first-order valence-electron chi connectivity index (χ1n) is 13.7. The molecule has 7 nitrogen and oxygen atoms in total. The van der Waals surface area contributed by atoms with E-state index in [2.05, 4.69) is 41.8 Å². The van der Waals surface area contributed by atoms with Gasteiger partial charge in [-0.05, 0) is 97.1 Å². The average Bonchev–Trinajstić information content (AvgIpc) is 2.88. The number of ether oxygens (including phenoxy) is 1. The maximum Gasteiger partial charge on any atom is 0.247 e. The quantitative estimate of drug-likeness (QED) is 0.281. The van der Waals surface area contributed by atoms with Gasteiger partial charge < -0.3 is 25.2 Å². The summed E-state index contributed by atoms with van der Waals surface area (Å²) in [5.74, 6) is 1.80. The third-order valence-electron chi connectivity index (χ3n) is 8.84. The van der Waals surface area contributed by atoms with Crippen LogP contribution in [0.4, 0.5) is 0 Å². The van der Waals surface area contributed by atoms with Crippen molar-refractivity contribution in [2.24, 2.45) is 23.2 Å². The molecule has 1 aromatic rings. The molecule has 38 heavy (non-hydrogen) atoms. The number of nitrogens with one attached hydrogen (secondary N) is 1. The molecular weight excluding hydrogens is 595 g/mol. The molecule has 0 unspecified atom stereocenters. The highest BCUT2D eigenvalue weighted by Gasteiger charge is 2.55. The van der Waals surface area contributed by atoms with Gasteiger partial charge in [0.25, 0.3) is 0 Å². The van der Waals surface area contributed by atoms with E-state index in [0.717, 1.165) is 21.5 Å². The van der Waals surface area contributed by atoms with E-state index in [1.54, 1.807) is 17.1 Å². The molecule has 3 N–H and O–H groups in total. The lowest BCUT2D eigenvalue weighted by Crippen LogP contribution is -2.59. The number of carbonyl (C=O) groups is 2. The first-order chi connectivity index (χ1) is 18.0. The lowest BCUT2D eigenvalue weighted by atomic mass is 9.45. The van der Waals surface area contributed by atoms with Crippen LogP contribution in [-0.2, 0) is 9.59 Å². The minimum Gasteiger partial charge on any atom is -0.482 e. The fourth-order valence-corrected chi connectivity index (χ4v) is 7.13. The van der Waals surface area contributed by atoms with Gasteiger partial charge in [0.1, 0.15) is 18.0 Å². The van der Waals surface area contributed by atoms with Gasteiger partial charge in [-0.15, -0.1) is 0 Å². The van der Waals surface area contributed by atoms with Crippen molar-refractivity contribution < 1.29 is 24.5 Å². The van der Waals surface area contributed by atoms with Crippen molar-refractivity contribution in [3.8, 4) is 5.75 Å². The second-order valence-electron chi connectivity index (χ2n) is 11.9. The van der Waals surface area contributed by atoms with Crippen molar-refractivity contribution in [2.75, 3.05) is 19.7 Å². The summed E-state index contributed by atoms with van der Waals surface area (Å²) in [6, 6.07) is 6.91. The molecule has 0 radical (unpaired) electrons. The zero-order valence-electron chi connectivity index (χ0n) is 22.8. The van der Waals surface area contributed by atoms with Crippen molar-refractivity contribution in [3.05, 3.63) is 51.1 Å². The van der Waals surface area contributed by atoms with Crippen LogP contribution < -0.4 is 10.1 Å². The standard InChI is InChI=1S/C30H41IN2O5/c1-18(2)13-27(35)33(17-19-9-10-21-16-22(19)30(21,3)4)24-14-20(29(37)32-11-12-34)15-26(28(24)36)38-25-8-6-5-7-23(25)31/h5-8,13,15,19,21-22,24,26,28,34,36H,9-12,14,16-17H2,1-4H3,(H,32,37)/t19-,21-,22-,24+,26-,28-/m0/s1. The maximum absolute atomic E-state index is 13.7. The first kappa shape index (κ1) is 29.1. The van der Waals surface area contributed by atoms with E-state index in [1.807, 2.05) is 38.1 Å². The van der Waals surface area contributed by atoms with Crippen LogP contribution in [0.15, 0.2) is 47.6 Å². The van der Waals surface area contributed by atoms with Gasteiger partial charge >= 0.3 is 0 Å². The number of benzene rings is 1. The topological polar surface area (TPSA) is 99.1 Å². The van der Waals surface area contributed by atoms with Crippen LogP contribution in [0.2, 0.25) is 0 Å². The van der Waals surface area contributed by atoms with Crippen LogP contribution in [0.1, 0.15) is 53.4 Å². The van der Waals surface area contributed by atoms with Gasteiger partial charge in [0.15, 0.2) is 0 Å². The Kier molecular flexibility index (Phi) is 9.25. The summed E-state index contributed by atoms with van der Waals surface area (Å²) >= 11 is 2.18. The van der Waals surface area contributed by atoms with E-state index in [9.17, 15) is 19.8 Å². The Morgan fingerprint density at radius 2 is 1.97 bits per heavy atom. The van der Waals surface area contributed by atoms with E-state index in [1.165, 1.54) is 12.8 Å². The predicted molar refractivity (Wildman–Crippen MR) is 155 cm³/mol. The van der Waals surface area contributed by atoms with E-state index < -0.39 is 18.2 Å². The number of allylic oxidation sites excluding steroid dienone is 1. The molecule has 0 spiro atoms. The smallest absolute Gasteiger partial charge is 0.247 e. The number of halogens is 1. The zero-order valence-corrected chi connectivity index (χ0v) is 25.0. The highest BCUT2D eigenvalue weighted by atomic mass is 127. The van der Waals surface area contributed by atoms with Gasteiger partial charge in [-0.2, -0.15) is 0 Å². The summed E-state index contributed by atoms with van der Waals surface area (Å²) in [4.78, 5) is 28.5. The molecule has 0 heterocycles. The summed E-state index contributed by atoms with van der Waals surface area (Å²) in [7, 11) is 0. The number of rotatable bonds is 9. The molecule has 4 aliphatic carbocycles. The molecule has 3 saturated carbocycles. The molecule has 5 rings (SSSR count). The first-order valence-corrected chi connectivity index (χ1v) is 14.7. The molecule has 0 aliphatic heterocycles. The minimum absolute atomic E-state index is 0.131. The predicted octanol–water partition coefficient (Wildman–Crippen LogP) is 4.07. The van der Waals surface area contributed by atoms with Crippen LogP contribution >= 0.6 is 22.6 Å². The van der Waals surface area contributed by atoms with Crippen molar-refractivity contribution in [1.29, 1.82) is 0 Å². The normalized spacial score (nSPS) is 29.4. The lowest BCUT2D eigenvalue weighted by molar-refractivity contribution is -0.143. The third-order valence-corrected chi connectivity index (χ3v) is 9.73. The molecule has 208 valence electrons. The Hall–Kier alpha value is -1.91. The van der Waals surface area contributed by atoms with Gasteiger partial charge in [0.05, 0.1) is 16.2 Å². The van der Waals surface area contributed by atoms with Gasteiger partial charge in [0, 0.05) is 31.2 Å². The molecule has 8 heteroatoms. The SMILES string of the molecule is CC(C)=CC(=O)N(C[C@@H]1CC[C@H]2C[C@@H]1C2(C)C)[C@@H]1CC(C(=O)NCCO)=C[C@H](Oc2ccccc2I)[C@H]1O. The summed E-state index contributed by atoms with van der Waals surface area (Å²) in [5, 5.41) is 23.6.